The van der Waals surface area contributed by atoms with E-state index in [0.29, 0.717) is 31.9 Å². The van der Waals surface area contributed by atoms with Crippen molar-refractivity contribution in [3.63, 3.8) is 0 Å². The highest BCUT2D eigenvalue weighted by molar-refractivity contribution is 7.99. The summed E-state index contributed by atoms with van der Waals surface area (Å²) < 4.78 is 13.3. The normalized spacial score (nSPS) is 11.2. The SMILES string of the molecule is Cc1nn(-c2ccccc2)c(OC(=O)C(C)(C)Oc2ccc(Cl)cc2)c1Sc1ccccc1[N+](=O)[O-]. The van der Waals surface area contributed by atoms with Crippen LogP contribution in [0.5, 0.6) is 11.6 Å². The van der Waals surface area contributed by atoms with Crippen molar-refractivity contribution in [1.82, 2.24) is 9.78 Å². The Morgan fingerprint density at radius 2 is 1.67 bits per heavy atom. The van der Waals surface area contributed by atoms with E-state index in [1.165, 1.54) is 10.7 Å². The van der Waals surface area contributed by atoms with E-state index in [1.807, 2.05) is 30.3 Å². The molecule has 3 aromatic carbocycles. The largest absolute Gasteiger partial charge is 0.476 e. The average Bonchev–Trinajstić information content (AvgIpc) is 3.16. The summed E-state index contributed by atoms with van der Waals surface area (Å²) >= 11 is 7.06. The van der Waals surface area contributed by atoms with Gasteiger partial charge in [0.25, 0.3) is 5.69 Å². The molecular formula is C26H22ClN3O5S. The van der Waals surface area contributed by atoms with Crippen molar-refractivity contribution in [2.75, 3.05) is 0 Å². The van der Waals surface area contributed by atoms with Gasteiger partial charge in [0.1, 0.15) is 5.75 Å². The molecule has 0 aliphatic rings. The lowest BCUT2D eigenvalue weighted by atomic mass is 10.1. The maximum absolute atomic E-state index is 13.3. The van der Waals surface area contributed by atoms with Gasteiger partial charge in [-0.05, 0) is 63.2 Å². The molecule has 0 unspecified atom stereocenters. The van der Waals surface area contributed by atoms with Crippen LogP contribution < -0.4 is 9.47 Å². The third-order valence-electron chi connectivity index (χ3n) is 5.11. The van der Waals surface area contributed by atoms with E-state index >= 15 is 0 Å². The van der Waals surface area contributed by atoms with Crippen molar-refractivity contribution in [3.8, 4) is 17.3 Å². The number of carbonyl (C=O) groups excluding carboxylic acids is 1. The predicted molar refractivity (Wildman–Crippen MR) is 137 cm³/mol. The van der Waals surface area contributed by atoms with Crippen LogP contribution in [0, 0.1) is 17.0 Å². The Morgan fingerprint density at radius 3 is 2.33 bits per heavy atom. The second-order valence-electron chi connectivity index (χ2n) is 8.25. The number of esters is 1. The van der Waals surface area contributed by atoms with Gasteiger partial charge in [0, 0.05) is 11.1 Å². The number of para-hydroxylation sites is 2. The van der Waals surface area contributed by atoms with Crippen LogP contribution in [0.2, 0.25) is 5.02 Å². The highest BCUT2D eigenvalue weighted by Gasteiger charge is 2.35. The number of aryl methyl sites for hydroxylation is 1. The maximum atomic E-state index is 13.3. The van der Waals surface area contributed by atoms with Crippen molar-refractivity contribution in [3.05, 3.63) is 99.7 Å². The molecule has 0 aliphatic heterocycles. The van der Waals surface area contributed by atoms with E-state index in [0.717, 1.165) is 11.8 Å². The molecule has 0 fully saturated rings. The van der Waals surface area contributed by atoms with Crippen LogP contribution in [0.1, 0.15) is 19.5 Å². The molecule has 0 aliphatic carbocycles. The molecule has 4 rings (SSSR count). The maximum Gasteiger partial charge on any atom is 0.356 e. The van der Waals surface area contributed by atoms with E-state index in [-0.39, 0.29) is 11.6 Å². The smallest absolute Gasteiger partial charge is 0.356 e. The summed E-state index contributed by atoms with van der Waals surface area (Å²) in [5, 5.41) is 16.7. The number of benzene rings is 3. The number of halogens is 1. The Bertz CT molecular complexity index is 1410. The zero-order valence-corrected chi connectivity index (χ0v) is 21.2. The number of hydrogen-bond donors (Lipinski definition) is 0. The molecule has 1 heterocycles. The first-order valence-electron chi connectivity index (χ1n) is 10.9. The molecule has 0 radical (unpaired) electrons. The average molecular weight is 524 g/mol. The molecule has 10 heteroatoms. The minimum absolute atomic E-state index is 0.0574. The summed E-state index contributed by atoms with van der Waals surface area (Å²) in [5.74, 6) is -0.0813. The predicted octanol–water partition coefficient (Wildman–Crippen LogP) is 6.66. The van der Waals surface area contributed by atoms with Crippen LogP contribution in [0.25, 0.3) is 5.69 Å². The molecule has 184 valence electrons. The third kappa shape index (κ3) is 5.53. The van der Waals surface area contributed by atoms with Crippen molar-refractivity contribution in [2.45, 2.75) is 36.2 Å². The summed E-state index contributed by atoms with van der Waals surface area (Å²) in [6.07, 6.45) is 0. The summed E-state index contributed by atoms with van der Waals surface area (Å²) in [5.41, 5.74) is -0.220. The van der Waals surface area contributed by atoms with Crippen LogP contribution in [0.4, 0.5) is 5.69 Å². The number of nitro benzene ring substituents is 1. The molecule has 0 N–H and O–H groups in total. The lowest BCUT2D eigenvalue weighted by molar-refractivity contribution is -0.387. The second-order valence-corrected chi connectivity index (χ2v) is 9.74. The Labute approximate surface area is 217 Å². The number of aromatic nitrogens is 2. The first-order valence-corrected chi connectivity index (χ1v) is 12.1. The van der Waals surface area contributed by atoms with Crippen LogP contribution >= 0.6 is 23.4 Å². The quantitative estimate of drug-likeness (QED) is 0.145. The van der Waals surface area contributed by atoms with Crippen LogP contribution in [-0.2, 0) is 4.79 Å². The Kier molecular flexibility index (Phi) is 7.32. The first-order chi connectivity index (χ1) is 17.2. The van der Waals surface area contributed by atoms with Gasteiger partial charge in [0.05, 0.1) is 26.1 Å². The van der Waals surface area contributed by atoms with Crippen LogP contribution in [-0.4, -0.2) is 26.3 Å². The molecule has 0 atom stereocenters. The topological polar surface area (TPSA) is 96.5 Å². The van der Waals surface area contributed by atoms with E-state index in [9.17, 15) is 14.9 Å². The minimum atomic E-state index is -1.37. The van der Waals surface area contributed by atoms with Gasteiger partial charge in [0.15, 0.2) is 0 Å². The summed E-state index contributed by atoms with van der Waals surface area (Å²) in [7, 11) is 0. The zero-order chi connectivity index (χ0) is 25.9. The van der Waals surface area contributed by atoms with Crippen LogP contribution in [0.3, 0.4) is 0 Å². The van der Waals surface area contributed by atoms with Crippen molar-refractivity contribution >= 4 is 35.0 Å². The van der Waals surface area contributed by atoms with Gasteiger partial charge in [-0.3, -0.25) is 10.1 Å². The fourth-order valence-corrected chi connectivity index (χ4v) is 4.44. The minimum Gasteiger partial charge on any atom is -0.476 e. The van der Waals surface area contributed by atoms with Gasteiger partial charge < -0.3 is 9.47 Å². The molecule has 0 saturated carbocycles. The summed E-state index contributed by atoms with van der Waals surface area (Å²) in [6, 6.07) is 22.2. The van der Waals surface area contributed by atoms with Gasteiger partial charge in [-0.2, -0.15) is 9.78 Å². The molecule has 1 aromatic heterocycles. The molecule has 0 amide bonds. The number of ether oxygens (including phenoxy) is 2. The molecule has 8 nitrogen and oxygen atoms in total. The number of nitrogens with zero attached hydrogens (tertiary/aromatic N) is 3. The van der Waals surface area contributed by atoms with Crippen molar-refractivity contribution < 1.29 is 19.2 Å². The van der Waals surface area contributed by atoms with Crippen LogP contribution in [0.15, 0.2) is 88.7 Å². The van der Waals surface area contributed by atoms with Crippen molar-refractivity contribution in [2.24, 2.45) is 0 Å². The van der Waals surface area contributed by atoms with E-state index < -0.39 is 16.5 Å². The standard InChI is InChI=1S/C26H22ClN3O5S/c1-17-23(36-22-12-8-7-11-21(22)30(32)33)24(29(28-17)19-9-5-4-6-10-19)34-25(31)26(2,3)35-20-15-13-18(27)14-16-20/h4-16H,1-3H3. The number of carbonyl (C=O) groups is 1. The van der Waals surface area contributed by atoms with Gasteiger partial charge in [-0.25, -0.2) is 4.79 Å². The molecule has 0 spiro atoms. The number of hydrogen-bond acceptors (Lipinski definition) is 7. The first kappa shape index (κ1) is 25.3. The fraction of sp³-hybridized carbons (Fsp3) is 0.154. The molecule has 0 bridgehead atoms. The third-order valence-corrected chi connectivity index (χ3v) is 6.60. The lowest BCUT2D eigenvalue weighted by Gasteiger charge is -2.24. The second kappa shape index (κ2) is 10.4. The number of rotatable bonds is 8. The van der Waals surface area contributed by atoms with E-state index in [2.05, 4.69) is 5.10 Å². The molecule has 4 aromatic rings. The van der Waals surface area contributed by atoms with E-state index in [4.69, 9.17) is 21.1 Å². The Hall–Kier alpha value is -3.82. The lowest BCUT2D eigenvalue weighted by Crippen LogP contribution is -2.41. The van der Waals surface area contributed by atoms with Gasteiger partial charge in [0.2, 0.25) is 11.5 Å². The molecular weight excluding hydrogens is 502 g/mol. The molecule has 36 heavy (non-hydrogen) atoms. The molecule has 0 saturated heterocycles. The summed E-state index contributed by atoms with van der Waals surface area (Å²) in [6.45, 7) is 4.94. The van der Waals surface area contributed by atoms with E-state index in [1.54, 1.807) is 63.2 Å². The Balaban J connectivity index is 1.73. The Morgan fingerprint density at radius 1 is 1.03 bits per heavy atom. The van der Waals surface area contributed by atoms with Gasteiger partial charge in [-0.15, -0.1) is 0 Å². The summed E-state index contributed by atoms with van der Waals surface area (Å²) in [4.78, 5) is 25.3. The highest BCUT2D eigenvalue weighted by atomic mass is 35.5. The number of nitro groups is 1. The van der Waals surface area contributed by atoms with Crippen molar-refractivity contribution in [1.29, 1.82) is 0 Å². The van der Waals surface area contributed by atoms with Gasteiger partial charge >= 0.3 is 5.97 Å². The van der Waals surface area contributed by atoms with Gasteiger partial charge in [-0.1, -0.05) is 53.7 Å². The monoisotopic (exact) mass is 523 g/mol. The fourth-order valence-electron chi connectivity index (χ4n) is 3.30. The highest BCUT2D eigenvalue weighted by Crippen LogP contribution is 2.42. The zero-order valence-electron chi connectivity index (χ0n) is 19.7.